The molecule has 0 bridgehead atoms. The van der Waals surface area contributed by atoms with Crippen molar-refractivity contribution in [3.63, 3.8) is 0 Å². The average molecular weight is 343 g/mol. The van der Waals surface area contributed by atoms with Gasteiger partial charge in [-0.3, -0.25) is 0 Å². The lowest BCUT2D eigenvalue weighted by Crippen LogP contribution is -1.91. The number of benzene rings is 4. The molecule has 1 aliphatic rings. The smallest absolute Gasteiger partial charge is 0.0794 e. The van der Waals surface area contributed by atoms with Crippen molar-refractivity contribution in [3.8, 4) is 33.6 Å². The Hall–Kier alpha value is -3.45. The highest BCUT2D eigenvalue weighted by molar-refractivity contribution is 6.14. The van der Waals surface area contributed by atoms with Gasteiger partial charge in [0.1, 0.15) is 0 Å². The summed E-state index contributed by atoms with van der Waals surface area (Å²) in [5.41, 5.74) is 8.43. The molecule has 0 fully saturated rings. The molecule has 1 heteroatoms. The van der Waals surface area contributed by atoms with Crippen LogP contribution in [0.5, 0.6) is 0 Å². The number of aromatic nitrogens is 1. The van der Waals surface area contributed by atoms with Gasteiger partial charge >= 0.3 is 0 Å². The molecule has 0 unspecified atom stereocenters. The van der Waals surface area contributed by atoms with Crippen LogP contribution in [0.3, 0.4) is 0 Å². The second-order valence-corrected chi connectivity index (χ2v) is 7.26. The highest BCUT2D eigenvalue weighted by atomic mass is 14.7. The Morgan fingerprint density at radius 3 is 2.19 bits per heavy atom. The quantitative estimate of drug-likeness (QED) is 0.313. The van der Waals surface area contributed by atoms with Gasteiger partial charge in [0.2, 0.25) is 0 Å². The van der Waals surface area contributed by atoms with E-state index in [-0.39, 0.29) is 0 Å². The van der Waals surface area contributed by atoms with Crippen molar-refractivity contribution in [1.29, 1.82) is 0 Å². The molecule has 1 aliphatic carbocycles. The molecule has 0 saturated heterocycles. The van der Waals surface area contributed by atoms with Crippen LogP contribution in [0.1, 0.15) is 5.56 Å². The van der Waals surface area contributed by atoms with Crippen molar-refractivity contribution in [3.05, 3.63) is 90.5 Å². The first-order chi connectivity index (χ1) is 13.3. The van der Waals surface area contributed by atoms with Crippen molar-refractivity contribution < 1.29 is 0 Å². The van der Waals surface area contributed by atoms with Crippen molar-refractivity contribution in [2.24, 2.45) is 0 Å². The van der Waals surface area contributed by atoms with Gasteiger partial charge < -0.3 is 0 Å². The van der Waals surface area contributed by atoms with Crippen LogP contribution in [0, 0.1) is 6.92 Å². The van der Waals surface area contributed by atoms with Gasteiger partial charge in [0, 0.05) is 16.7 Å². The predicted molar refractivity (Wildman–Crippen MR) is 114 cm³/mol. The third kappa shape index (κ3) is 1.97. The number of rotatable bonds is 1. The van der Waals surface area contributed by atoms with E-state index in [1.807, 2.05) is 0 Å². The van der Waals surface area contributed by atoms with Crippen LogP contribution >= 0.6 is 0 Å². The monoisotopic (exact) mass is 343 g/mol. The Kier molecular flexibility index (Phi) is 2.87. The third-order valence-electron chi connectivity index (χ3n) is 5.82. The maximum absolute atomic E-state index is 5.13. The third-order valence-corrected chi connectivity index (χ3v) is 5.82. The molecule has 0 amide bonds. The minimum Gasteiger partial charge on any atom is -0.247 e. The zero-order chi connectivity index (χ0) is 18.0. The average Bonchev–Trinajstić information content (AvgIpc) is 3.04. The van der Waals surface area contributed by atoms with Crippen LogP contribution in [0.2, 0.25) is 0 Å². The SMILES string of the molecule is Cc1c(-c2ccc3c(n2)-c2cccc4cccc-3c24)ccc2ccccc12. The molecule has 1 aromatic heterocycles. The van der Waals surface area contributed by atoms with E-state index in [9.17, 15) is 0 Å². The molecule has 126 valence electrons. The van der Waals surface area contributed by atoms with E-state index in [1.54, 1.807) is 0 Å². The van der Waals surface area contributed by atoms with E-state index in [0.717, 1.165) is 11.4 Å². The number of fused-ring (bicyclic) bond motifs is 4. The molecule has 5 aromatic rings. The Bertz CT molecular complexity index is 1370. The van der Waals surface area contributed by atoms with Gasteiger partial charge in [-0.25, -0.2) is 4.98 Å². The van der Waals surface area contributed by atoms with E-state index < -0.39 is 0 Å². The van der Waals surface area contributed by atoms with E-state index in [1.165, 1.54) is 49.4 Å². The van der Waals surface area contributed by atoms with E-state index in [4.69, 9.17) is 4.98 Å². The summed E-state index contributed by atoms with van der Waals surface area (Å²) in [7, 11) is 0. The number of hydrogen-bond donors (Lipinski definition) is 0. The molecule has 6 rings (SSSR count). The summed E-state index contributed by atoms with van der Waals surface area (Å²) in [6, 6.07) is 30.4. The van der Waals surface area contributed by atoms with Crippen molar-refractivity contribution in [2.75, 3.05) is 0 Å². The molecule has 0 spiro atoms. The summed E-state index contributed by atoms with van der Waals surface area (Å²) < 4.78 is 0. The minimum absolute atomic E-state index is 1.04. The van der Waals surface area contributed by atoms with Crippen molar-refractivity contribution in [2.45, 2.75) is 6.92 Å². The summed E-state index contributed by atoms with van der Waals surface area (Å²) in [5, 5.41) is 5.18. The number of aryl methyl sites for hydroxylation is 1. The van der Waals surface area contributed by atoms with Gasteiger partial charge in [-0.05, 0) is 51.7 Å². The lowest BCUT2D eigenvalue weighted by molar-refractivity contribution is 1.33. The van der Waals surface area contributed by atoms with E-state index in [2.05, 4.69) is 91.9 Å². The van der Waals surface area contributed by atoms with Crippen LogP contribution < -0.4 is 0 Å². The van der Waals surface area contributed by atoms with Gasteiger partial charge in [0.25, 0.3) is 0 Å². The fraction of sp³-hybridized carbons (Fsp3) is 0.0385. The topological polar surface area (TPSA) is 12.9 Å². The highest BCUT2D eigenvalue weighted by Crippen LogP contribution is 2.46. The Morgan fingerprint density at radius 1 is 0.556 bits per heavy atom. The summed E-state index contributed by atoms with van der Waals surface area (Å²) in [6.07, 6.45) is 0. The minimum atomic E-state index is 1.04. The summed E-state index contributed by atoms with van der Waals surface area (Å²) >= 11 is 0. The zero-order valence-electron chi connectivity index (χ0n) is 15.0. The summed E-state index contributed by atoms with van der Waals surface area (Å²) in [4.78, 5) is 5.13. The van der Waals surface area contributed by atoms with E-state index in [0.29, 0.717) is 0 Å². The van der Waals surface area contributed by atoms with Crippen LogP contribution in [0.25, 0.3) is 55.2 Å². The largest absolute Gasteiger partial charge is 0.247 e. The Morgan fingerprint density at radius 2 is 1.30 bits per heavy atom. The first-order valence-corrected chi connectivity index (χ1v) is 9.33. The summed E-state index contributed by atoms with van der Waals surface area (Å²) in [6.45, 7) is 2.20. The molecule has 0 N–H and O–H groups in total. The van der Waals surface area contributed by atoms with Gasteiger partial charge in [0.05, 0.1) is 11.4 Å². The molecule has 0 atom stereocenters. The number of nitrogens with zero attached hydrogens (tertiary/aromatic N) is 1. The fourth-order valence-corrected chi connectivity index (χ4v) is 4.50. The van der Waals surface area contributed by atoms with Gasteiger partial charge in [-0.15, -0.1) is 0 Å². The van der Waals surface area contributed by atoms with Crippen LogP contribution in [-0.2, 0) is 0 Å². The Labute approximate surface area is 157 Å². The molecule has 0 saturated carbocycles. The molecule has 0 aliphatic heterocycles. The number of pyridine rings is 1. The molecular weight excluding hydrogens is 326 g/mol. The maximum atomic E-state index is 5.13. The molecule has 27 heavy (non-hydrogen) atoms. The summed E-state index contributed by atoms with van der Waals surface area (Å²) in [5.74, 6) is 0. The van der Waals surface area contributed by atoms with Crippen molar-refractivity contribution in [1.82, 2.24) is 4.98 Å². The standard InChI is InChI=1S/C26H17N/c1-16-19-9-3-2-6-17(19)12-13-20(16)24-15-14-22-21-10-4-7-18-8-5-11-23(25(18)21)26(22)27-24/h2-15H,1H3. The van der Waals surface area contributed by atoms with Crippen LogP contribution in [0.4, 0.5) is 0 Å². The second kappa shape index (κ2) is 5.28. The molecule has 4 aromatic carbocycles. The van der Waals surface area contributed by atoms with Crippen LogP contribution in [-0.4, -0.2) is 4.98 Å². The maximum Gasteiger partial charge on any atom is 0.0794 e. The molecule has 1 heterocycles. The number of hydrogen-bond acceptors (Lipinski definition) is 1. The van der Waals surface area contributed by atoms with Gasteiger partial charge in [0.15, 0.2) is 0 Å². The van der Waals surface area contributed by atoms with Crippen molar-refractivity contribution >= 4 is 21.5 Å². The normalized spacial score (nSPS) is 11.9. The second-order valence-electron chi connectivity index (χ2n) is 7.26. The lowest BCUT2D eigenvalue weighted by atomic mass is 9.97. The first-order valence-electron chi connectivity index (χ1n) is 9.33. The Balaban J connectivity index is 1.62. The predicted octanol–water partition coefficient (Wildman–Crippen LogP) is 7.01. The van der Waals surface area contributed by atoms with Gasteiger partial charge in [-0.2, -0.15) is 0 Å². The van der Waals surface area contributed by atoms with E-state index >= 15 is 0 Å². The zero-order valence-corrected chi connectivity index (χ0v) is 15.0. The molecule has 1 nitrogen and oxygen atoms in total. The first kappa shape index (κ1) is 14.7. The fourth-order valence-electron chi connectivity index (χ4n) is 4.50. The molecular formula is C26H17N. The van der Waals surface area contributed by atoms with Crippen LogP contribution in [0.15, 0.2) is 84.9 Å². The molecule has 0 radical (unpaired) electrons. The highest BCUT2D eigenvalue weighted by Gasteiger charge is 2.23. The lowest BCUT2D eigenvalue weighted by Gasteiger charge is -2.11. The van der Waals surface area contributed by atoms with Gasteiger partial charge in [-0.1, -0.05) is 72.8 Å².